The van der Waals surface area contributed by atoms with Gasteiger partial charge in [-0.05, 0) is 76.4 Å². The molecule has 2 aromatic rings. The Balaban J connectivity index is 1.54. The monoisotopic (exact) mass is 398 g/mol. The van der Waals surface area contributed by atoms with Crippen LogP contribution in [-0.2, 0) is 11.3 Å². The van der Waals surface area contributed by atoms with Crippen molar-refractivity contribution >= 4 is 11.8 Å². The minimum Gasteiger partial charge on any atom is -0.484 e. The molecule has 6 heteroatoms. The third kappa shape index (κ3) is 5.19. The lowest BCUT2D eigenvalue weighted by Crippen LogP contribution is -2.49. The number of carbonyl (C=O) groups is 2. The fraction of sp³-hybridized carbons (Fsp3) is 0.478. The van der Waals surface area contributed by atoms with E-state index < -0.39 is 0 Å². The van der Waals surface area contributed by atoms with Crippen LogP contribution in [-0.4, -0.2) is 47.4 Å². The summed E-state index contributed by atoms with van der Waals surface area (Å²) < 4.78 is 11.2. The van der Waals surface area contributed by atoms with Gasteiger partial charge in [-0.15, -0.1) is 0 Å². The Morgan fingerprint density at radius 1 is 1.10 bits per heavy atom. The summed E-state index contributed by atoms with van der Waals surface area (Å²) in [5.74, 6) is 2.07. The summed E-state index contributed by atoms with van der Waals surface area (Å²) in [6.07, 6.45) is 3.24. The van der Waals surface area contributed by atoms with Crippen molar-refractivity contribution in [3.05, 3.63) is 53.5 Å². The standard InChI is InChI=1S/C23H30N2O4/c1-16-6-5-7-17(2)25(16)22(26)15-28-20-12-9-19(10-13-20)23(27)24(4)14-21-11-8-18(3)29-21/h8-13,16-17H,5-7,14-15H2,1-4H3. The predicted molar refractivity (Wildman–Crippen MR) is 111 cm³/mol. The second-order valence-electron chi connectivity index (χ2n) is 7.92. The summed E-state index contributed by atoms with van der Waals surface area (Å²) in [5.41, 5.74) is 0.563. The molecule has 1 fully saturated rings. The van der Waals surface area contributed by atoms with Crippen LogP contribution in [0.25, 0.3) is 0 Å². The number of rotatable bonds is 6. The molecule has 0 spiro atoms. The second kappa shape index (κ2) is 9.16. The number of ether oxygens (including phenoxy) is 1. The minimum atomic E-state index is -0.0994. The number of carbonyl (C=O) groups excluding carboxylic acids is 2. The Morgan fingerprint density at radius 2 is 1.76 bits per heavy atom. The maximum Gasteiger partial charge on any atom is 0.260 e. The number of amides is 2. The normalized spacial score (nSPS) is 19.1. The van der Waals surface area contributed by atoms with E-state index in [4.69, 9.17) is 9.15 Å². The van der Waals surface area contributed by atoms with E-state index in [0.717, 1.165) is 30.8 Å². The van der Waals surface area contributed by atoms with Gasteiger partial charge in [-0.2, -0.15) is 0 Å². The van der Waals surface area contributed by atoms with E-state index in [9.17, 15) is 9.59 Å². The van der Waals surface area contributed by atoms with Crippen LogP contribution in [0.15, 0.2) is 40.8 Å². The van der Waals surface area contributed by atoms with Gasteiger partial charge < -0.3 is 19.0 Å². The zero-order valence-corrected chi connectivity index (χ0v) is 17.7. The third-order valence-electron chi connectivity index (χ3n) is 5.48. The molecule has 2 unspecified atom stereocenters. The molecule has 3 rings (SSSR count). The van der Waals surface area contributed by atoms with E-state index in [1.165, 1.54) is 0 Å². The van der Waals surface area contributed by atoms with Crippen molar-refractivity contribution in [2.24, 2.45) is 0 Å². The highest BCUT2D eigenvalue weighted by molar-refractivity contribution is 5.94. The molecule has 1 aromatic heterocycles. The highest BCUT2D eigenvalue weighted by atomic mass is 16.5. The molecule has 156 valence electrons. The van der Waals surface area contributed by atoms with Crippen molar-refractivity contribution in [2.75, 3.05) is 13.7 Å². The van der Waals surface area contributed by atoms with Crippen LogP contribution in [0.5, 0.6) is 5.75 Å². The SMILES string of the molecule is Cc1ccc(CN(C)C(=O)c2ccc(OCC(=O)N3C(C)CCCC3C)cc2)o1. The van der Waals surface area contributed by atoms with E-state index in [1.807, 2.05) is 24.0 Å². The molecule has 2 amide bonds. The first kappa shape index (κ1) is 21.0. The van der Waals surface area contributed by atoms with E-state index in [2.05, 4.69) is 13.8 Å². The van der Waals surface area contributed by atoms with E-state index >= 15 is 0 Å². The smallest absolute Gasteiger partial charge is 0.260 e. The summed E-state index contributed by atoms with van der Waals surface area (Å²) in [6.45, 7) is 6.48. The topological polar surface area (TPSA) is 63.0 Å². The van der Waals surface area contributed by atoms with Crippen molar-refractivity contribution in [1.82, 2.24) is 9.80 Å². The molecule has 29 heavy (non-hydrogen) atoms. The Labute approximate surface area is 172 Å². The van der Waals surface area contributed by atoms with Gasteiger partial charge in [-0.3, -0.25) is 9.59 Å². The molecular weight excluding hydrogens is 368 g/mol. The molecule has 6 nitrogen and oxygen atoms in total. The van der Waals surface area contributed by atoms with Crippen molar-refractivity contribution < 1.29 is 18.7 Å². The van der Waals surface area contributed by atoms with Gasteiger partial charge in [-0.1, -0.05) is 0 Å². The summed E-state index contributed by atoms with van der Waals surface area (Å²) in [4.78, 5) is 28.7. The first-order valence-electron chi connectivity index (χ1n) is 10.2. The third-order valence-corrected chi connectivity index (χ3v) is 5.48. The van der Waals surface area contributed by atoms with Gasteiger partial charge in [0.1, 0.15) is 17.3 Å². The Kier molecular flexibility index (Phi) is 6.62. The van der Waals surface area contributed by atoms with Crippen molar-refractivity contribution in [3.8, 4) is 5.75 Å². The lowest BCUT2D eigenvalue weighted by Gasteiger charge is -2.38. The molecule has 0 bridgehead atoms. The van der Waals surface area contributed by atoms with Crippen molar-refractivity contribution in [2.45, 2.75) is 58.7 Å². The fourth-order valence-electron chi connectivity index (χ4n) is 3.92. The average Bonchev–Trinajstić information content (AvgIpc) is 3.10. The quantitative estimate of drug-likeness (QED) is 0.737. The van der Waals surface area contributed by atoms with Crippen LogP contribution in [0.3, 0.4) is 0 Å². The van der Waals surface area contributed by atoms with Crippen LogP contribution in [0, 0.1) is 6.92 Å². The molecule has 1 aromatic carbocycles. The lowest BCUT2D eigenvalue weighted by atomic mass is 9.97. The minimum absolute atomic E-state index is 0.0123. The second-order valence-corrected chi connectivity index (χ2v) is 7.92. The first-order valence-corrected chi connectivity index (χ1v) is 10.2. The number of benzene rings is 1. The van der Waals surface area contributed by atoms with Gasteiger partial charge in [0.2, 0.25) is 0 Å². The van der Waals surface area contributed by atoms with Crippen molar-refractivity contribution in [1.29, 1.82) is 0 Å². The number of aryl methyl sites for hydroxylation is 1. The Bertz CT molecular complexity index is 833. The molecule has 0 saturated carbocycles. The molecule has 2 heterocycles. The maximum absolute atomic E-state index is 12.6. The number of furan rings is 1. The van der Waals surface area contributed by atoms with Crippen LogP contribution >= 0.6 is 0 Å². The molecular formula is C23H30N2O4. The number of likely N-dealkylation sites (tertiary alicyclic amines) is 1. The molecule has 0 aliphatic carbocycles. The summed E-state index contributed by atoms with van der Waals surface area (Å²) in [7, 11) is 1.74. The van der Waals surface area contributed by atoms with Gasteiger partial charge >= 0.3 is 0 Å². The van der Waals surface area contributed by atoms with E-state index in [1.54, 1.807) is 36.2 Å². The number of hydrogen-bond acceptors (Lipinski definition) is 4. The molecule has 1 saturated heterocycles. The van der Waals surface area contributed by atoms with Gasteiger partial charge in [0.05, 0.1) is 6.54 Å². The van der Waals surface area contributed by atoms with E-state index in [-0.39, 0.29) is 30.5 Å². The Morgan fingerprint density at radius 3 is 2.34 bits per heavy atom. The molecule has 0 radical (unpaired) electrons. The zero-order chi connectivity index (χ0) is 21.0. The largest absolute Gasteiger partial charge is 0.484 e. The zero-order valence-electron chi connectivity index (χ0n) is 17.7. The first-order chi connectivity index (χ1) is 13.8. The van der Waals surface area contributed by atoms with Crippen LogP contribution in [0.4, 0.5) is 0 Å². The van der Waals surface area contributed by atoms with Gasteiger partial charge in [-0.25, -0.2) is 0 Å². The maximum atomic E-state index is 12.6. The number of nitrogens with zero attached hydrogens (tertiary/aromatic N) is 2. The molecule has 2 atom stereocenters. The molecule has 1 aliphatic heterocycles. The van der Waals surface area contributed by atoms with Crippen LogP contribution in [0.1, 0.15) is 55.0 Å². The lowest BCUT2D eigenvalue weighted by molar-refractivity contribution is -0.139. The summed E-state index contributed by atoms with van der Waals surface area (Å²) in [5, 5.41) is 0. The molecule has 1 aliphatic rings. The van der Waals surface area contributed by atoms with Gasteiger partial charge in [0.25, 0.3) is 11.8 Å². The Hall–Kier alpha value is -2.76. The highest BCUT2D eigenvalue weighted by Crippen LogP contribution is 2.23. The predicted octanol–water partition coefficient (Wildman–Crippen LogP) is 4.03. The fourth-order valence-corrected chi connectivity index (χ4v) is 3.92. The van der Waals surface area contributed by atoms with Crippen LogP contribution < -0.4 is 4.74 Å². The van der Waals surface area contributed by atoms with Gasteiger partial charge in [0, 0.05) is 24.7 Å². The highest BCUT2D eigenvalue weighted by Gasteiger charge is 2.29. The van der Waals surface area contributed by atoms with Crippen molar-refractivity contribution in [3.63, 3.8) is 0 Å². The summed E-state index contributed by atoms with van der Waals surface area (Å²) in [6, 6.07) is 11.2. The van der Waals surface area contributed by atoms with Crippen LogP contribution in [0.2, 0.25) is 0 Å². The number of hydrogen-bond donors (Lipinski definition) is 0. The van der Waals surface area contributed by atoms with E-state index in [0.29, 0.717) is 17.9 Å². The summed E-state index contributed by atoms with van der Waals surface area (Å²) >= 11 is 0. The number of piperidine rings is 1. The average molecular weight is 399 g/mol. The van der Waals surface area contributed by atoms with Gasteiger partial charge in [0.15, 0.2) is 6.61 Å². The molecule has 0 N–H and O–H groups in total.